The number of hydrogen-bond acceptors (Lipinski definition) is 5. The van der Waals surface area contributed by atoms with E-state index in [0.717, 1.165) is 5.56 Å². The second kappa shape index (κ2) is 8.33. The molecule has 0 unspecified atom stereocenters. The highest BCUT2D eigenvalue weighted by Gasteiger charge is 2.15. The number of ether oxygens (including phenoxy) is 2. The fraction of sp³-hybridized carbons (Fsp3) is 0.235. The Hall–Kier alpha value is -2.09. The Morgan fingerprint density at radius 2 is 1.84 bits per heavy atom. The number of carbonyl (C=O) groups is 1. The van der Waals surface area contributed by atoms with Gasteiger partial charge in [-0.05, 0) is 48.4 Å². The van der Waals surface area contributed by atoms with Gasteiger partial charge in [-0.3, -0.25) is 0 Å². The quantitative estimate of drug-likeness (QED) is 0.743. The van der Waals surface area contributed by atoms with Crippen molar-refractivity contribution in [2.75, 3.05) is 13.7 Å². The van der Waals surface area contributed by atoms with Crippen LogP contribution in [0.3, 0.4) is 0 Å². The summed E-state index contributed by atoms with van der Waals surface area (Å²) in [5.74, 6) is -0.0946. The highest BCUT2D eigenvalue weighted by atomic mass is 35.5. The summed E-state index contributed by atoms with van der Waals surface area (Å²) in [5.41, 5.74) is 1.39. The molecule has 0 saturated heterocycles. The van der Waals surface area contributed by atoms with Gasteiger partial charge < -0.3 is 9.47 Å². The molecule has 0 heterocycles. The zero-order chi connectivity index (χ0) is 18.4. The summed E-state index contributed by atoms with van der Waals surface area (Å²) in [6, 6.07) is 11.3. The van der Waals surface area contributed by atoms with Crippen molar-refractivity contribution in [2.45, 2.75) is 18.4 Å². The first kappa shape index (κ1) is 19.2. The minimum absolute atomic E-state index is 0.115. The minimum atomic E-state index is -3.67. The standard InChI is InChI=1S/C17H18ClNO5S/c1-12-9-15(7-8-16(12)24-11-17(20)23-2)25(21,22)19-10-13-3-5-14(18)6-4-13/h3-9,19H,10-11H2,1-2H3. The van der Waals surface area contributed by atoms with Gasteiger partial charge in [-0.25, -0.2) is 17.9 Å². The number of benzene rings is 2. The Morgan fingerprint density at radius 3 is 2.44 bits per heavy atom. The van der Waals surface area contributed by atoms with E-state index in [9.17, 15) is 13.2 Å². The number of aryl methyl sites for hydroxylation is 1. The number of sulfonamides is 1. The molecule has 1 N–H and O–H groups in total. The Bertz CT molecular complexity index is 850. The molecule has 134 valence electrons. The second-order valence-corrected chi connectivity index (χ2v) is 7.45. The highest BCUT2D eigenvalue weighted by Crippen LogP contribution is 2.22. The number of carbonyl (C=O) groups excluding carboxylic acids is 1. The first-order chi connectivity index (χ1) is 11.8. The van der Waals surface area contributed by atoms with Gasteiger partial charge >= 0.3 is 5.97 Å². The van der Waals surface area contributed by atoms with Crippen molar-refractivity contribution >= 4 is 27.6 Å². The molecule has 0 fully saturated rings. The molecular weight excluding hydrogens is 366 g/mol. The first-order valence-corrected chi connectivity index (χ1v) is 9.22. The summed E-state index contributed by atoms with van der Waals surface area (Å²) in [6.45, 7) is 1.61. The van der Waals surface area contributed by atoms with E-state index in [1.54, 1.807) is 31.2 Å². The van der Waals surface area contributed by atoms with Gasteiger partial charge in [0.1, 0.15) is 5.75 Å². The van der Waals surface area contributed by atoms with Crippen LogP contribution >= 0.6 is 11.6 Å². The number of nitrogens with one attached hydrogen (secondary N) is 1. The normalized spacial score (nSPS) is 11.2. The summed E-state index contributed by atoms with van der Waals surface area (Å²) in [7, 11) is -2.41. The zero-order valence-electron chi connectivity index (χ0n) is 13.8. The fourth-order valence-corrected chi connectivity index (χ4v) is 3.24. The number of rotatable bonds is 7. The van der Waals surface area contributed by atoms with Crippen LogP contribution in [-0.4, -0.2) is 28.1 Å². The molecule has 0 radical (unpaired) electrons. The van der Waals surface area contributed by atoms with Crippen LogP contribution in [0.2, 0.25) is 5.02 Å². The van der Waals surface area contributed by atoms with E-state index in [4.69, 9.17) is 16.3 Å². The Labute approximate surface area is 151 Å². The molecule has 0 aromatic heterocycles. The summed E-state index contributed by atoms with van der Waals surface area (Å²) in [6.07, 6.45) is 0. The van der Waals surface area contributed by atoms with E-state index in [1.807, 2.05) is 0 Å². The zero-order valence-corrected chi connectivity index (χ0v) is 15.4. The largest absolute Gasteiger partial charge is 0.482 e. The minimum Gasteiger partial charge on any atom is -0.482 e. The van der Waals surface area contributed by atoms with Gasteiger partial charge in [0.05, 0.1) is 12.0 Å². The summed E-state index contributed by atoms with van der Waals surface area (Å²) >= 11 is 5.80. The Balaban J connectivity index is 2.07. The van der Waals surface area contributed by atoms with Gasteiger partial charge in [-0.1, -0.05) is 23.7 Å². The van der Waals surface area contributed by atoms with E-state index in [-0.39, 0.29) is 18.0 Å². The molecule has 0 bridgehead atoms. The van der Waals surface area contributed by atoms with Gasteiger partial charge in [0.15, 0.2) is 6.61 Å². The lowest BCUT2D eigenvalue weighted by molar-refractivity contribution is -0.142. The molecule has 2 aromatic rings. The predicted molar refractivity (Wildman–Crippen MR) is 94.2 cm³/mol. The summed E-state index contributed by atoms with van der Waals surface area (Å²) in [4.78, 5) is 11.2. The number of esters is 1. The molecule has 2 aromatic carbocycles. The third-order valence-corrected chi connectivity index (χ3v) is 5.06. The van der Waals surface area contributed by atoms with E-state index >= 15 is 0 Å². The van der Waals surface area contributed by atoms with Crippen molar-refractivity contribution < 1.29 is 22.7 Å². The van der Waals surface area contributed by atoms with Crippen LogP contribution < -0.4 is 9.46 Å². The lowest BCUT2D eigenvalue weighted by atomic mass is 10.2. The monoisotopic (exact) mass is 383 g/mol. The van der Waals surface area contributed by atoms with Crippen LogP contribution in [0.25, 0.3) is 0 Å². The van der Waals surface area contributed by atoms with Crippen LogP contribution in [0.1, 0.15) is 11.1 Å². The number of hydrogen-bond donors (Lipinski definition) is 1. The number of halogens is 1. The van der Waals surface area contributed by atoms with Crippen LogP contribution in [0, 0.1) is 6.92 Å². The lowest BCUT2D eigenvalue weighted by Gasteiger charge is -2.11. The molecule has 0 spiro atoms. The highest BCUT2D eigenvalue weighted by molar-refractivity contribution is 7.89. The van der Waals surface area contributed by atoms with E-state index in [1.165, 1.54) is 25.3 Å². The third kappa shape index (κ3) is 5.45. The van der Waals surface area contributed by atoms with Crippen molar-refractivity contribution in [1.82, 2.24) is 4.72 Å². The van der Waals surface area contributed by atoms with Crippen molar-refractivity contribution in [3.63, 3.8) is 0 Å². The molecule has 6 nitrogen and oxygen atoms in total. The molecular formula is C17H18ClNO5S. The van der Waals surface area contributed by atoms with Crippen LogP contribution in [0.5, 0.6) is 5.75 Å². The smallest absolute Gasteiger partial charge is 0.343 e. The average Bonchev–Trinajstić information content (AvgIpc) is 2.59. The van der Waals surface area contributed by atoms with Gasteiger partial charge in [0.25, 0.3) is 0 Å². The Kier molecular flexibility index (Phi) is 6.41. The lowest BCUT2D eigenvalue weighted by Crippen LogP contribution is -2.23. The molecule has 25 heavy (non-hydrogen) atoms. The molecule has 0 amide bonds. The average molecular weight is 384 g/mol. The molecule has 0 atom stereocenters. The van der Waals surface area contributed by atoms with Crippen molar-refractivity contribution in [3.8, 4) is 5.75 Å². The first-order valence-electron chi connectivity index (χ1n) is 7.36. The van der Waals surface area contributed by atoms with E-state index in [2.05, 4.69) is 9.46 Å². The SMILES string of the molecule is COC(=O)COc1ccc(S(=O)(=O)NCc2ccc(Cl)cc2)cc1C. The molecule has 8 heteroatoms. The predicted octanol–water partition coefficient (Wildman–Crippen LogP) is 2.68. The fourth-order valence-electron chi connectivity index (χ4n) is 2.01. The third-order valence-electron chi connectivity index (χ3n) is 3.41. The van der Waals surface area contributed by atoms with Crippen LogP contribution in [0.15, 0.2) is 47.4 Å². The molecule has 2 rings (SSSR count). The number of methoxy groups -OCH3 is 1. The van der Waals surface area contributed by atoms with Gasteiger partial charge in [0, 0.05) is 11.6 Å². The summed E-state index contributed by atoms with van der Waals surface area (Å²) < 4.78 is 37.1. The van der Waals surface area contributed by atoms with Gasteiger partial charge in [0.2, 0.25) is 10.0 Å². The Morgan fingerprint density at radius 1 is 1.16 bits per heavy atom. The molecule has 0 aliphatic heterocycles. The van der Waals surface area contributed by atoms with Crippen molar-refractivity contribution in [2.24, 2.45) is 0 Å². The van der Waals surface area contributed by atoms with Crippen molar-refractivity contribution in [1.29, 1.82) is 0 Å². The maximum Gasteiger partial charge on any atom is 0.343 e. The van der Waals surface area contributed by atoms with Crippen LogP contribution in [0.4, 0.5) is 0 Å². The van der Waals surface area contributed by atoms with E-state index in [0.29, 0.717) is 16.3 Å². The van der Waals surface area contributed by atoms with Gasteiger partial charge in [-0.15, -0.1) is 0 Å². The maximum absolute atomic E-state index is 12.4. The second-order valence-electron chi connectivity index (χ2n) is 5.24. The molecule has 0 aliphatic rings. The van der Waals surface area contributed by atoms with E-state index < -0.39 is 16.0 Å². The van der Waals surface area contributed by atoms with Crippen molar-refractivity contribution in [3.05, 3.63) is 58.6 Å². The molecule has 0 aliphatic carbocycles. The topological polar surface area (TPSA) is 81.7 Å². The van der Waals surface area contributed by atoms with Gasteiger partial charge in [-0.2, -0.15) is 0 Å². The van der Waals surface area contributed by atoms with Crippen LogP contribution in [-0.2, 0) is 26.1 Å². The maximum atomic E-state index is 12.4. The summed E-state index contributed by atoms with van der Waals surface area (Å²) in [5, 5.41) is 0.588. The molecule has 0 saturated carbocycles.